The van der Waals surface area contributed by atoms with E-state index in [1.807, 2.05) is 24.3 Å². The Labute approximate surface area is 105 Å². The molecular formula is C13H13Cl2N. The smallest absolute Gasteiger partial charge is 0.0906 e. The molecule has 1 heterocycles. The second kappa shape index (κ2) is 4.60. The minimum absolute atomic E-state index is 0.559. The Morgan fingerprint density at radius 1 is 1.19 bits per heavy atom. The van der Waals surface area contributed by atoms with Crippen LogP contribution in [0.4, 0.5) is 0 Å². The zero-order chi connectivity index (χ0) is 11.7. The summed E-state index contributed by atoms with van der Waals surface area (Å²) in [6.45, 7) is 4.32. The lowest BCUT2D eigenvalue weighted by Crippen LogP contribution is -1.98. The average Bonchev–Trinajstić information content (AvgIpc) is 2.19. The van der Waals surface area contributed by atoms with Gasteiger partial charge in [0.25, 0.3) is 0 Å². The monoisotopic (exact) mass is 253 g/mol. The van der Waals surface area contributed by atoms with Crippen LogP contribution in [0.1, 0.15) is 19.5 Å². The number of hydrogen-bond donors (Lipinski definition) is 0. The van der Waals surface area contributed by atoms with Crippen LogP contribution in [0.5, 0.6) is 0 Å². The van der Waals surface area contributed by atoms with Crippen molar-refractivity contribution >= 4 is 34.1 Å². The van der Waals surface area contributed by atoms with Crippen molar-refractivity contribution in [2.45, 2.75) is 20.3 Å². The summed E-state index contributed by atoms with van der Waals surface area (Å²) in [5, 5.41) is 2.30. The zero-order valence-corrected chi connectivity index (χ0v) is 10.8. The molecule has 84 valence electrons. The molecule has 0 aliphatic rings. The summed E-state index contributed by atoms with van der Waals surface area (Å²) < 4.78 is 0. The largest absolute Gasteiger partial charge is 0.251 e. The van der Waals surface area contributed by atoms with Gasteiger partial charge in [0, 0.05) is 11.1 Å². The van der Waals surface area contributed by atoms with Gasteiger partial charge in [-0.2, -0.15) is 0 Å². The first kappa shape index (κ1) is 11.7. The maximum atomic E-state index is 6.22. The summed E-state index contributed by atoms with van der Waals surface area (Å²) in [5.41, 5.74) is 1.80. The van der Waals surface area contributed by atoms with Crippen LogP contribution in [-0.2, 0) is 6.42 Å². The van der Waals surface area contributed by atoms with Gasteiger partial charge in [-0.25, -0.2) is 0 Å². The number of fused-ring (bicyclic) bond motifs is 1. The molecular weight excluding hydrogens is 241 g/mol. The summed E-state index contributed by atoms with van der Waals surface area (Å²) in [7, 11) is 0. The first-order chi connectivity index (χ1) is 7.58. The molecule has 16 heavy (non-hydrogen) atoms. The summed E-state index contributed by atoms with van der Waals surface area (Å²) in [4.78, 5) is 4.56. The van der Waals surface area contributed by atoms with Gasteiger partial charge in [-0.3, -0.25) is 4.98 Å². The Balaban J connectivity index is 2.61. The quantitative estimate of drug-likeness (QED) is 0.754. The van der Waals surface area contributed by atoms with Gasteiger partial charge in [0.15, 0.2) is 0 Å². The highest BCUT2D eigenvalue weighted by Gasteiger charge is 2.08. The Morgan fingerprint density at radius 2 is 1.94 bits per heavy atom. The maximum absolute atomic E-state index is 6.22. The second-order valence-corrected chi connectivity index (χ2v) is 5.14. The van der Waals surface area contributed by atoms with E-state index in [1.54, 1.807) is 0 Å². The number of para-hydroxylation sites is 1. The topological polar surface area (TPSA) is 12.9 Å². The lowest BCUT2D eigenvalue weighted by atomic mass is 10.1. The van der Waals surface area contributed by atoms with E-state index in [0.717, 1.165) is 28.0 Å². The first-order valence-corrected chi connectivity index (χ1v) is 6.07. The summed E-state index contributed by atoms with van der Waals surface area (Å²) in [6.07, 6.45) is 0.918. The fraction of sp³-hybridized carbons (Fsp3) is 0.308. The van der Waals surface area contributed by atoms with E-state index in [0.29, 0.717) is 10.9 Å². The minimum Gasteiger partial charge on any atom is -0.251 e. The van der Waals surface area contributed by atoms with Gasteiger partial charge in [0.2, 0.25) is 0 Å². The number of pyridine rings is 1. The van der Waals surface area contributed by atoms with Gasteiger partial charge in [-0.1, -0.05) is 49.2 Å². The van der Waals surface area contributed by atoms with E-state index in [2.05, 4.69) is 18.8 Å². The lowest BCUT2D eigenvalue weighted by Gasteiger charge is -2.08. The predicted octanol–water partition coefficient (Wildman–Crippen LogP) is 4.74. The van der Waals surface area contributed by atoms with Crippen LogP contribution in [0.2, 0.25) is 10.0 Å². The van der Waals surface area contributed by atoms with Crippen molar-refractivity contribution < 1.29 is 0 Å². The first-order valence-electron chi connectivity index (χ1n) is 5.31. The van der Waals surface area contributed by atoms with Crippen molar-refractivity contribution in [3.05, 3.63) is 40.0 Å². The Morgan fingerprint density at radius 3 is 2.62 bits per heavy atom. The van der Waals surface area contributed by atoms with Crippen molar-refractivity contribution in [2.75, 3.05) is 0 Å². The molecule has 0 saturated heterocycles. The standard InChI is InChI=1S/C13H13Cl2N/c1-8(2)6-9-7-12(15)10-4-3-5-11(14)13(10)16-9/h3-5,7-8H,6H2,1-2H3. The molecule has 0 amide bonds. The maximum Gasteiger partial charge on any atom is 0.0906 e. The van der Waals surface area contributed by atoms with Gasteiger partial charge in [-0.05, 0) is 24.5 Å². The average molecular weight is 254 g/mol. The van der Waals surface area contributed by atoms with Crippen LogP contribution in [-0.4, -0.2) is 4.98 Å². The van der Waals surface area contributed by atoms with Gasteiger partial charge < -0.3 is 0 Å². The number of hydrogen-bond acceptors (Lipinski definition) is 1. The third-order valence-corrected chi connectivity index (χ3v) is 3.03. The number of aromatic nitrogens is 1. The molecule has 1 aromatic heterocycles. The molecule has 0 N–H and O–H groups in total. The Hall–Kier alpha value is -0.790. The molecule has 0 bridgehead atoms. The summed E-state index contributed by atoms with van der Waals surface area (Å²) in [6, 6.07) is 7.60. The van der Waals surface area contributed by atoms with Crippen molar-refractivity contribution in [3.8, 4) is 0 Å². The van der Waals surface area contributed by atoms with Crippen molar-refractivity contribution in [1.82, 2.24) is 4.98 Å². The van der Waals surface area contributed by atoms with Gasteiger partial charge in [0.1, 0.15) is 0 Å². The lowest BCUT2D eigenvalue weighted by molar-refractivity contribution is 0.637. The summed E-state index contributed by atoms with van der Waals surface area (Å²) in [5.74, 6) is 0.559. The fourth-order valence-electron chi connectivity index (χ4n) is 1.74. The molecule has 0 unspecified atom stereocenters. The molecule has 0 saturated carbocycles. The van der Waals surface area contributed by atoms with E-state index in [1.165, 1.54) is 0 Å². The molecule has 0 aliphatic heterocycles. The van der Waals surface area contributed by atoms with Crippen molar-refractivity contribution in [3.63, 3.8) is 0 Å². The SMILES string of the molecule is CC(C)Cc1cc(Cl)c2cccc(Cl)c2n1. The van der Waals surface area contributed by atoms with Gasteiger partial charge in [-0.15, -0.1) is 0 Å². The highest BCUT2D eigenvalue weighted by molar-refractivity contribution is 6.39. The van der Waals surface area contributed by atoms with Crippen LogP contribution in [0.25, 0.3) is 10.9 Å². The molecule has 2 aromatic rings. The van der Waals surface area contributed by atoms with Gasteiger partial charge >= 0.3 is 0 Å². The van der Waals surface area contributed by atoms with Crippen LogP contribution < -0.4 is 0 Å². The Bertz CT molecular complexity index is 521. The van der Waals surface area contributed by atoms with E-state index in [4.69, 9.17) is 23.2 Å². The molecule has 3 heteroatoms. The molecule has 0 aliphatic carbocycles. The molecule has 2 rings (SSSR count). The molecule has 0 spiro atoms. The van der Waals surface area contributed by atoms with Crippen LogP contribution in [0.15, 0.2) is 24.3 Å². The van der Waals surface area contributed by atoms with Crippen molar-refractivity contribution in [2.24, 2.45) is 5.92 Å². The highest BCUT2D eigenvalue weighted by atomic mass is 35.5. The van der Waals surface area contributed by atoms with Crippen LogP contribution in [0, 0.1) is 5.92 Å². The molecule has 1 nitrogen and oxygen atoms in total. The highest BCUT2D eigenvalue weighted by Crippen LogP contribution is 2.28. The van der Waals surface area contributed by atoms with Crippen LogP contribution in [0.3, 0.4) is 0 Å². The number of benzene rings is 1. The van der Waals surface area contributed by atoms with Gasteiger partial charge in [0.05, 0.1) is 15.6 Å². The fourth-order valence-corrected chi connectivity index (χ4v) is 2.24. The molecule has 0 fully saturated rings. The second-order valence-electron chi connectivity index (χ2n) is 4.33. The van der Waals surface area contributed by atoms with E-state index < -0.39 is 0 Å². The third kappa shape index (κ3) is 2.31. The van der Waals surface area contributed by atoms with Crippen LogP contribution >= 0.6 is 23.2 Å². The predicted molar refractivity (Wildman–Crippen MR) is 70.3 cm³/mol. The normalized spacial score (nSPS) is 11.3. The Kier molecular flexibility index (Phi) is 3.36. The molecule has 1 aromatic carbocycles. The zero-order valence-electron chi connectivity index (χ0n) is 9.30. The minimum atomic E-state index is 0.559. The van der Waals surface area contributed by atoms with E-state index in [-0.39, 0.29) is 0 Å². The summed E-state index contributed by atoms with van der Waals surface area (Å²) >= 11 is 12.3. The number of halogens is 2. The molecule has 0 atom stereocenters. The van der Waals surface area contributed by atoms with E-state index >= 15 is 0 Å². The number of rotatable bonds is 2. The van der Waals surface area contributed by atoms with Crippen molar-refractivity contribution in [1.29, 1.82) is 0 Å². The third-order valence-electron chi connectivity index (χ3n) is 2.41. The molecule has 0 radical (unpaired) electrons. The number of nitrogens with zero attached hydrogens (tertiary/aromatic N) is 1. The van der Waals surface area contributed by atoms with E-state index in [9.17, 15) is 0 Å².